The normalized spacial score (nSPS) is 14.6. The Balaban J connectivity index is 0.000000845. The van der Waals surface area contributed by atoms with Crippen LogP contribution < -0.4 is 5.32 Å². The van der Waals surface area contributed by atoms with Crippen LogP contribution in [0.15, 0.2) is 12.1 Å². The molecule has 0 saturated carbocycles. The van der Waals surface area contributed by atoms with Crippen LogP contribution in [0, 0.1) is 5.82 Å². The number of nitrogens with one attached hydrogen (secondary N) is 1. The molecule has 0 atom stereocenters. The molecule has 1 nitrogen and oxygen atoms in total. The maximum Gasteiger partial charge on any atom is 0.145 e. The van der Waals surface area contributed by atoms with E-state index in [9.17, 15) is 4.39 Å². The molecule has 72 valence electrons. The summed E-state index contributed by atoms with van der Waals surface area (Å²) < 4.78 is 13.3. The van der Waals surface area contributed by atoms with Crippen LogP contribution in [-0.2, 0) is 13.0 Å². The average molecular weight is 222 g/mol. The van der Waals surface area contributed by atoms with E-state index in [1.54, 1.807) is 6.07 Å². The van der Waals surface area contributed by atoms with Crippen molar-refractivity contribution in [2.75, 3.05) is 6.54 Å². The van der Waals surface area contributed by atoms with Crippen LogP contribution in [0.2, 0.25) is 5.02 Å². The summed E-state index contributed by atoms with van der Waals surface area (Å²) in [5, 5.41) is 3.41. The van der Waals surface area contributed by atoms with Crippen molar-refractivity contribution in [3.63, 3.8) is 0 Å². The zero-order valence-corrected chi connectivity index (χ0v) is 8.51. The second-order valence-corrected chi connectivity index (χ2v) is 3.33. The maximum absolute atomic E-state index is 13.3. The van der Waals surface area contributed by atoms with E-state index in [0.717, 1.165) is 30.6 Å². The van der Waals surface area contributed by atoms with Crippen LogP contribution in [0.25, 0.3) is 0 Å². The lowest BCUT2D eigenvalue weighted by Crippen LogP contribution is -2.24. The highest BCUT2D eigenvalue weighted by Crippen LogP contribution is 2.23. The summed E-state index contributed by atoms with van der Waals surface area (Å²) in [4.78, 5) is 0. The van der Waals surface area contributed by atoms with E-state index in [2.05, 4.69) is 5.32 Å². The van der Waals surface area contributed by atoms with E-state index < -0.39 is 0 Å². The predicted octanol–water partition coefficient (Wildman–Crippen LogP) is 2.55. The van der Waals surface area contributed by atoms with Gasteiger partial charge in [-0.25, -0.2) is 4.39 Å². The smallest absolute Gasteiger partial charge is 0.145 e. The molecule has 1 heterocycles. The first kappa shape index (κ1) is 10.8. The van der Waals surface area contributed by atoms with Gasteiger partial charge >= 0.3 is 0 Å². The van der Waals surface area contributed by atoms with Gasteiger partial charge in [-0.2, -0.15) is 0 Å². The minimum atomic E-state index is -0.240. The molecule has 0 unspecified atom stereocenters. The molecule has 13 heavy (non-hydrogen) atoms. The standard InChI is InChI=1S/C9H9ClFN.ClH/c10-8-2-1-6-5-12-4-3-7(6)9(8)11;/h1-2,12H,3-5H2;1H. The van der Waals surface area contributed by atoms with Gasteiger partial charge in [-0.05, 0) is 30.2 Å². The van der Waals surface area contributed by atoms with Crippen LogP contribution in [0.4, 0.5) is 4.39 Å². The van der Waals surface area contributed by atoms with E-state index in [4.69, 9.17) is 11.6 Å². The van der Waals surface area contributed by atoms with Gasteiger partial charge in [0.05, 0.1) is 5.02 Å². The molecule has 0 aliphatic carbocycles. The monoisotopic (exact) mass is 221 g/mol. The molecule has 1 aliphatic rings. The maximum atomic E-state index is 13.3. The van der Waals surface area contributed by atoms with Gasteiger partial charge in [-0.1, -0.05) is 17.7 Å². The number of rotatable bonds is 0. The van der Waals surface area contributed by atoms with Crippen LogP contribution in [0.3, 0.4) is 0 Å². The van der Waals surface area contributed by atoms with Gasteiger partial charge in [0.1, 0.15) is 5.82 Å². The fourth-order valence-electron chi connectivity index (χ4n) is 1.50. The Kier molecular flexibility index (Phi) is 3.54. The summed E-state index contributed by atoms with van der Waals surface area (Å²) >= 11 is 5.65. The number of hydrogen-bond donors (Lipinski definition) is 1. The predicted molar refractivity (Wildman–Crippen MR) is 54.1 cm³/mol. The SMILES string of the molecule is Cl.Fc1c(Cl)ccc2c1CCNC2. The molecular formula is C9H10Cl2FN. The Hall–Kier alpha value is -0.310. The lowest BCUT2D eigenvalue weighted by molar-refractivity contribution is 0.569. The second-order valence-electron chi connectivity index (χ2n) is 2.93. The fraction of sp³-hybridized carbons (Fsp3) is 0.333. The quantitative estimate of drug-likeness (QED) is 0.711. The van der Waals surface area contributed by atoms with Gasteiger partial charge in [0, 0.05) is 6.54 Å². The van der Waals surface area contributed by atoms with E-state index >= 15 is 0 Å². The number of hydrogen-bond acceptors (Lipinski definition) is 1. The first-order chi connectivity index (χ1) is 5.79. The lowest BCUT2D eigenvalue weighted by atomic mass is 10.0. The van der Waals surface area contributed by atoms with Crippen molar-refractivity contribution in [2.24, 2.45) is 0 Å². The average Bonchev–Trinajstić information content (AvgIpc) is 2.12. The third-order valence-corrected chi connectivity index (χ3v) is 2.45. The zero-order valence-electron chi connectivity index (χ0n) is 6.94. The van der Waals surface area contributed by atoms with Crippen molar-refractivity contribution in [3.05, 3.63) is 34.1 Å². The molecule has 4 heteroatoms. The molecular weight excluding hydrogens is 212 g/mol. The molecule has 0 aromatic heterocycles. The molecule has 2 rings (SSSR count). The van der Waals surface area contributed by atoms with Gasteiger partial charge in [0.25, 0.3) is 0 Å². The summed E-state index contributed by atoms with van der Waals surface area (Å²) in [6, 6.07) is 3.50. The van der Waals surface area contributed by atoms with Crippen LogP contribution >= 0.6 is 24.0 Å². The largest absolute Gasteiger partial charge is 0.312 e. The molecule has 1 aromatic rings. The Morgan fingerprint density at radius 1 is 1.38 bits per heavy atom. The van der Waals surface area contributed by atoms with Crippen molar-refractivity contribution in [1.82, 2.24) is 5.32 Å². The van der Waals surface area contributed by atoms with E-state index in [1.807, 2.05) is 6.07 Å². The number of fused-ring (bicyclic) bond motifs is 1. The summed E-state index contributed by atoms with van der Waals surface area (Å²) in [6.45, 7) is 1.59. The fourth-order valence-corrected chi connectivity index (χ4v) is 1.68. The van der Waals surface area contributed by atoms with Gasteiger partial charge in [-0.15, -0.1) is 12.4 Å². The highest BCUT2D eigenvalue weighted by molar-refractivity contribution is 6.30. The lowest BCUT2D eigenvalue weighted by Gasteiger charge is -2.17. The molecule has 0 spiro atoms. The minimum Gasteiger partial charge on any atom is -0.312 e. The molecule has 0 saturated heterocycles. The molecule has 1 aromatic carbocycles. The Labute approximate surface area is 87.7 Å². The third-order valence-electron chi connectivity index (χ3n) is 2.16. The van der Waals surface area contributed by atoms with Crippen molar-refractivity contribution >= 4 is 24.0 Å². The van der Waals surface area contributed by atoms with Gasteiger partial charge < -0.3 is 5.32 Å². The van der Waals surface area contributed by atoms with Gasteiger partial charge in [-0.3, -0.25) is 0 Å². The molecule has 0 amide bonds. The van der Waals surface area contributed by atoms with Gasteiger partial charge in [0.2, 0.25) is 0 Å². The molecule has 1 N–H and O–H groups in total. The van der Waals surface area contributed by atoms with Crippen LogP contribution in [-0.4, -0.2) is 6.54 Å². The highest BCUT2D eigenvalue weighted by Gasteiger charge is 2.14. The Bertz CT molecular complexity index is 315. The zero-order chi connectivity index (χ0) is 8.55. The minimum absolute atomic E-state index is 0. The Morgan fingerprint density at radius 3 is 2.92 bits per heavy atom. The van der Waals surface area contributed by atoms with E-state index in [-0.39, 0.29) is 23.2 Å². The highest BCUT2D eigenvalue weighted by atomic mass is 35.5. The summed E-state index contributed by atoms with van der Waals surface area (Å²) in [5.74, 6) is -0.240. The first-order valence-corrected chi connectivity index (χ1v) is 4.33. The van der Waals surface area contributed by atoms with Crippen molar-refractivity contribution in [3.8, 4) is 0 Å². The first-order valence-electron chi connectivity index (χ1n) is 3.95. The second kappa shape index (κ2) is 4.27. The van der Waals surface area contributed by atoms with E-state index in [1.165, 1.54) is 0 Å². The molecule has 0 fully saturated rings. The molecule has 0 bridgehead atoms. The summed E-state index contributed by atoms with van der Waals surface area (Å²) in [6.07, 6.45) is 0.738. The topological polar surface area (TPSA) is 12.0 Å². The summed E-state index contributed by atoms with van der Waals surface area (Å²) in [5.41, 5.74) is 1.81. The third kappa shape index (κ3) is 1.96. The van der Waals surface area contributed by atoms with Crippen molar-refractivity contribution in [2.45, 2.75) is 13.0 Å². The van der Waals surface area contributed by atoms with Gasteiger partial charge in [0.15, 0.2) is 0 Å². The van der Waals surface area contributed by atoms with Crippen LogP contribution in [0.1, 0.15) is 11.1 Å². The molecule has 0 radical (unpaired) electrons. The number of benzene rings is 1. The Morgan fingerprint density at radius 2 is 2.15 bits per heavy atom. The van der Waals surface area contributed by atoms with Crippen molar-refractivity contribution < 1.29 is 4.39 Å². The van der Waals surface area contributed by atoms with Crippen molar-refractivity contribution in [1.29, 1.82) is 0 Å². The van der Waals surface area contributed by atoms with Crippen LogP contribution in [0.5, 0.6) is 0 Å². The molecule has 1 aliphatic heterocycles. The van der Waals surface area contributed by atoms with E-state index in [0.29, 0.717) is 0 Å². The summed E-state index contributed by atoms with van der Waals surface area (Å²) in [7, 11) is 0. The number of halogens is 3.